The molecule has 6 nitrogen and oxygen atoms in total. The second kappa shape index (κ2) is 9.58. The Hall–Kier alpha value is -2.31. The van der Waals surface area contributed by atoms with Crippen LogP contribution in [0, 0.1) is 0 Å². The van der Waals surface area contributed by atoms with Gasteiger partial charge in [0.2, 0.25) is 11.2 Å². The minimum absolute atomic E-state index is 0.0327. The van der Waals surface area contributed by atoms with Crippen LogP contribution in [0.2, 0.25) is 5.02 Å². The molecule has 1 N–H and O–H groups in total. The Balaban J connectivity index is 1.48. The molecule has 0 radical (unpaired) electrons. The fourth-order valence-electron chi connectivity index (χ4n) is 2.99. The van der Waals surface area contributed by atoms with Crippen molar-refractivity contribution in [3.8, 4) is 5.75 Å². The van der Waals surface area contributed by atoms with Crippen LogP contribution in [0.4, 0.5) is 0 Å². The first-order valence-electron chi connectivity index (χ1n) is 9.09. The van der Waals surface area contributed by atoms with E-state index in [0.29, 0.717) is 23.9 Å². The molecule has 1 amide bonds. The molecule has 3 rings (SSSR count). The lowest BCUT2D eigenvalue weighted by molar-refractivity contribution is -0.123. The van der Waals surface area contributed by atoms with Gasteiger partial charge in [0.25, 0.3) is 5.91 Å². The first kappa shape index (κ1) is 19.5. The molecule has 2 aromatic rings. The summed E-state index contributed by atoms with van der Waals surface area (Å²) in [4.78, 5) is 26.4. The lowest BCUT2D eigenvalue weighted by atomic mass is 10.1. The van der Waals surface area contributed by atoms with Gasteiger partial charge in [-0.1, -0.05) is 36.2 Å². The van der Waals surface area contributed by atoms with E-state index in [0.717, 1.165) is 18.7 Å². The molecule has 0 bridgehead atoms. The Morgan fingerprint density at radius 2 is 2.00 bits per heavy atom. The van der Waals surface area contributed by atoms with Crippen molar-refractivity contribution < 1.29 is 13.9 Å². The zero-order valence-electron chi connectivity index (χ0n) is 15.1. The van der Waals surface area contributed by atoms with Crippen molar-refractivity contribution in [1.82, 2.24) is 10.2 Å². The lowest BCUT2D eigenvalue weighted by Crippen LogP contribution is -2.30. The van der Waals surface area contributed by atoms with Gasteiger partial charge in [-0.3, -0.25) is 14.5 Å². The second-order valence-electron chi connectivity index (χ2n) is 6.57. The molecule has 1 aliphatic rings. The number of nitrogens with zero attached hydrogens (tertiary/aromatic N) is 1. The van der Waals surface area contributed by atoms with E-state index in [9.17, 15) is 9.59 Å². The first-order chi connectivity index (χ1) is 13.1. The molecule has 0 unspecified atom stereocenters. The summed E-state index contributed by atoms with van der Waals surface area (Å²) < 4.78 is 10.8. The normalized spacial score (nSPS) is 14.7. The number of halogens is 1. The molecule has 2 heterocycles. The number of rotatable bonds is 7. The van der Waals surface area contributed by atoms with Crippen LogP contribution >= 0.6 is 11.6 Å². The van der Waals surface area contributed by atoms with Gasteiger partial charge in [0.1, 0.15) is 12.0 Å². The Morgan fingerprint density at radius 1 is 1.22 bits per heavy atom. The van der Waals surface area contributed by atoms with Crippen molar-refractivity contribution in [2.45, 2.75) is 32.4 Å². The predicted molar refractivity (Wildman–Crippen MR) is 103 cm³/mol. The molecule has 1 aromatic carbocycles. The number of ether oxygens (including phenoxy) is 1. The van der Waals surface area contributed by atoms with E-state index < -0.39 is 0 Å². The smallest absolute Gasteiger partial charge is 0.258 e. The van der Waals surface area contributed by atoms with Gasteiger partial charge in [0.05, 0.1) is 6.54 Å². The van der Waals surface area contributed by atoms with Crippen molar-refractivity contribution in [3.05, 3.63) is 63.2 Å². The third kappa shape index (κ3) is 5.84. The molecule has 7 heteroatoms. The molecular weight excluding hydrogens is 368 g/mol. The van der Waals surface area contributed by atoms with Crippen LogP contribution in [0.25, 0.3) is 0 Å². The summed E-state index contributed by atoms with van der Waals surface area (Å²) in [5, 5.41) is 3.29. The molecular formula is C20H23ClN2O4. The summed E-state index contributed by atoms with van der Waals surface area (Å²) in [6.07, 6.45) is 4.89. The number of piperidine rings is 1. The quantitative estimate of drug-likeness (QED) is 0.786. The number of likely N-dealkylation sites (tertiary alicyclic amines) is 1. The van der Waals surface area contributed by atoms with Crippen molar-refractivity contribution in [1.29, 1.82) is 0 Å². The molecule has 0 aliphatic carbocycles. The van der Waals surface area contributed by atoms with E-state index in [4.69, 9.17) is 20.8 Å². The summed E-state index contributed by atoms with van der Waals surface area (Å²) in [6.45, 7) is 2.70. The third-order valence-corrected chi connectivity index (χ3v) is 4.84. The van der Waals surface area contributed by atoms with Crippen molar-refractivity contribution in [2.75, 3.05) is 19.7 Å². The van der Waals surface area contributed by atoms with Crippen LogP contribution in [0.3, 0.4) is 0 Å². The summed E-state index contributed by atoms with van der Waals surface area (Å²) >= 11 is 6.05. The number of carbonyl (C=O) groups is 1. The predicted octanol–water partition coefficient (Wildman–Crippen LogP) is 2.97. The summed E-state index contributed by atoms with van der Waals surface area (Å²) in [7, 11) is 0. The fraction of sp³-hybridized carbons (Fsp3) is 0.400. The average Bonchev–Trinajstić information content (AvgIpc) is 2.67. The van der Waals surface area contributed by atoms with E-state index in [2.05, 4.69) is 10.2 Å². The van der Waals surface area contributed by atoms with Crippen LogP contribution in [-0.4, -0.2) is 30.5 Å². The van der Waals surface area contributed by atoms with Crippen LogP contribution in [0.5, 0.6) is 5.75 Å². The lowest BCUT2D eigenvalue weighted by Gasteiger charge is -2.25. The average molecular weight is 391 g/mol. The summed E-state index contributed by atoms with van der Waals surface area (Å²) in [5.41, 5.74) is 0.529. The maximum atomic E-state index is 12.2. The Bertz CT molecular complexity index is 831. The molecule has 1 fully saturated rings. The second-order valence-corrected chi connectivity index (χ2v) is 6.98. The number of carbonyl (C=O) groups excluding carboxylic acids is 1. The van der Waals surface area contributed by atoms with Crippen molar-refractivity contribution in [2.24, 2.45) is 0 Å². The Kier molecular flexibility index (Phi) is 6.90. The molecule has 1 saturated heterocycles. The van der Waals surface area contributed by atoms with Gasteiger partial charge in [0.15, 0.2) is 6.61 Å². The molecule has 1 aliphatic heterocycles. The third-order valence-electron chi connectivity index (χ3n) is 4.47. The van der Waals surface area contributed by atoms with Crippen LogP contribution in [0.15, 0.2) is 45.8 Å². The van der Waals surface area contributed by atoms with Gasteiger partial charge in [-0.15, -0.1) is 0 Å². The van der Waals surface area contributed by atoms with Crippen molar-refractivity contribution >= 4 is 17.5 Å². The van der Waals surface area contributed by atoms with Crippen LogP contribution in [-0.2, 0) is 17.9 Å². The Morgan fingerprint density at radius 3 is 2.74 bits per heavy atom. The number of hydrogen-bond acceptors (Lipinski definition) is 5. The highest BCUT2D eigenvalue weighted by Crippen LogP contribution is 2.15. The minimum atomic E-state index is -0.341. The number of amides is 1. The molecule has 144 valence electrons. The van der Waals surface area contributed by atoms with Gasteiger partial charge < -0.3 is 14.5 Å². The molecule has 27 heavy (non-hydrogen) atoms. The van der Waals surface area contributed by atoms with Crippen LogP contribution in [0.1, 0.15) is 30.6 Å². The zero-order valence-corrected chi connectivity index (χ0v) is 15.8. The van der Waals surface area contributed by atoms with Gasteiger partial charge in [0, 0.05) is 17.6 Å². The summed E-state index contributed by atoms with van der Waals surface area (Å²) in [5.74, 6) is 0.300. The molecule has 0 saturated carbocycles. The highest BCUT2D eigenvalue weighted by Gasteiger charge is 2.13. The minimum Gasteiger partial charge on any atom is -0.477 e. The number of nitrogens with one attached hydrogen (secondary N) is 1. The van der Waals surface area contributed by atoms with E-state index in [1.54, 1.807) is 6.07 Å². The van der Waals surface area contributed by atoms with E-state index in [-0.39, 0.29) is 23.7 Å². The highest BCUT2D eigenvalue weighted by molar-refractivity contribution is 6.31. The van der Waals surface area contributed by atoms with E-state index in [1.807, 2.05) is 18.2 Å². The van der Waals surface area contributed by atoms with Crippen LogP contribution < -0.4 is 15.5 Å². The van der Waals surface area contributed by atoms with Crippen molar-refractivity contribution in [3.63, 3.8) is 0 Å². The monoisotopic (exact) mass is 390 g/mol. The molecule has 0 atom stereocenters. The first-order valence-corrected chi connectivity index (χ1v) is 9.46. The Labute approximate surface area is 163 Å². The summed E-state index contributed by atoms with van der Waals surface area (Å²) in [6, 6.07) is 8.70. The standard InChI is InChI=1S/C20H23ClN2O4/c21-17-7-3-2-6-15(17)11-22-20(25)14-27-19-13-26-16(10-18(19)24)12-23-8-4-1-5-9-23/h2-3,6-7,10,13H,1,4-5,8-9,11-12,14H2,(H,22,25). The number of hydrogen-bond donors (Lipinski definition) is 1. The maximum absolute atomic E-state index is 12.2. The zero-order chi connectivity index (χ0) is 19.1. The van der Waals surface area contributed by atoms with E-state index >= 15 is 0 Å². The largest absolute Gasteiger partial charge is 0.477 e. The molecule has 0 spiro atoms. The van der Waals surface area contributed by atoms with Gasteiger partial charge >= 0.3 is 0 Å². The van der Waals surface area contributed by atoms with E-state index in [1.165, 1.54) is 31.6 Å². The molecule has 1 aromatic heterocycles. The highest BCUT2D eigenvalue weighted by atomic mass is 35.5. The number of benzene rings is 1. The van der Waals surface area contributed by atoms with Gasteiger partial charge in [-0.25, -0.2) is 0 Å². The topological polar surface area (TPSA) is 71.8 Å². The SMILES string of the molecule is O=C(COc1coc(CN2CCCCC2)cc1=O)NCc1ccccc1Cl. The van der Waals surface area contributed by atoms with Gasteiger partial charge in [-0.2, -0.15) is 0 Å². The fourth-order valence-corrected chi connectivity index (χ4v) is 3.20. The van der Waals surface area contributed by atoms with Gasteiger partial charge in [-0.05, 0) is 37.6 Å². The maximum Gasteiger partial charge on any atom is 0.258 e.